The van der Waals surface area contributed by atoms with Gasteiger partial charge in [0, 0.05) is 30.4 Å². The SMILES string of the molecule is Cc1sc(C(=O)O)cc1CN(C)Cc1ccncc1. The van der Waals surface area contributed by atoms with Crippen molar-refractivity contribution in [3.8, 4) is 0 Å². The van der Waals surface area contributed by atoms with Crippen LogP contribution in [-0.4, -0.2) is 28.0 Å². The molecule has 0 radical (unpaired) electrons. The first-order valence-corrected chi connectivity index (χ1v) is 6.78. The van der Waals surface area contributed by atoms with Crippen LogP contribution in [0.1, 0.15) is 25.7 Å². The third-order valence-corrected chi connectivity index (χ3v) is 3.95. The monoisotopic (exact) mass is 276 g/mol. The largest absolute Gasteiger partial charge is 0.477 e. The van der Waals surface area contributed by atoms with E-state index in [2.05, 4.69) is 9.88 Å². The number of thiophene rings is 1. The summed E-state index contributed by atoms with van der Waals surface area (Å²) in [6, 6.07) is 5.74. The molecule has 4 nitrogen and oxygen atoms in total. The van der Waals surface area contributed by atoms with Crippen LogP contribution in [-0.2, 0) is 13.1 Å². The molecule has 0 saturated carbocycles. The van der Waals surface area contributed by atoms with Crippen LogP contribution >= 0.6 is 11.3 Å². The molecular formula is C14H16N2O2S. The summed E-state index contributed by atoms with van der Waals surface area (Å²) < 4.78 is 0. The van der Waals surface area contributed by atoms with Gasteiger partial charge in [0.2, 0.25) is 0 Å². The van der Waals surface area contributed by atoms with Gasteiger partial charge >= 0.3 is 5.97 Å². The second kappa shape index (κ2) is 5.95. The molecule has 0 amide bonds. The van der Waals surface area contributed by atoms with Crippen molar-refractivity contribution in [1.82, 2.24) is 9.88 Å². The number of rotatable bonds is 5. The average molecular weight is 276 g/mol. The van der Waals surface area contributed by atoms with Crippen LogP contribution in [0.4, 0.5) is 0 Å². The van der Waals surface area contributed by atoms with Gasteiger partial charge in [0.1, 0.15) is 4.88 Å². The number of carboxylic acids is 1. The molecule has 2 aromatic rings. The number of nitrogens with zero attached hydrogens (tertiary/aromatic N) is 2. The van der Waals surface area contributed by atoms with Crippen molar-refractivity contribution in [2.24, 2.45) is 0 Å². The molecular weight excluding hydrogens is 260 g/mol. The third kappa shape index (κ3) is 3.62. The highest BCUT2D eigenvalue weighted by Crippen LogP contribution is 2.23. The van der Waals surface area contributed by atoms with Gasteiger partial charge in [-0.2, -0.15) is 0 Å². The molecule has 2 rings (SSSR count). The second-order valence-electron chi connectivity index (χ2n) is 4.52. The van der Waals surface area contributed by atoms with Crippen molar-refractivity contribution in [1.29, 1.82) is 0 Å². The molecule has 100 valence electrons. The van der Waals surface area contributed by atoms with Gasteiger partial charge in [0.05, 0.1) is 0 Å². The van der Waals surface area contributed by atoms with E-state index in [4.69, 9.17) is 5.11 Å². The minimum Gasteiger partial charge on any atom is -0.477 e. The lowest BCUT2D eigenvalue weighted by Gasteiger charge is -2.16. The van der Waals surface area contributed by atoms with E-state index < -0.39 is 5.97 Å². The molecule has 0 bridgehead atoms. The molecule has 2 heterocycles. The highest BCUT2D eigenvalue weighted by Gasteiger charge is 2.12. The minimum absolute atomic E-state index is 0.407. The summed E-state index contributed by atoms with van der Waals surface area (Å²) in [6.07, 6.45) is 3.56. The van der Waals surface area contributed by atoms with Gasteiger partial charge in [-0.15, -0.1) is 11.3 Å². The van der Waals surface area contributed by atoms with Crippen molar-refractivity contribution in [3.05, 3.63) is 51.5 Å². The molecule has 0 aliphatic carbocycles. The normalized spacial score (nSPS) is 10.9. The maximum Gasteiger partial charge on any atom is 0.345 e. The number of pyridine rings is 1. The fourth-order valence-electron chi connectivity index (χ4n) is 1.93. The standard InChI is InChI=1S/C14H16N2O2S/c1-10-12(7-13(19-10)14(17)18)9-16(2)8-11-3-5-15-6-4-11/h3-7H,8-9H2,1-2H3,(H,17,18). The molecule has 0 saturated heterocycles. The lowest BCUT2D eigenvalue weighted by molar-refractivity contribution is 0.0702. The number of aromatic nitrogens is 1. The van der Waals surface area contributed by atoms with E-state index in [-0.39, 0.29) is 0 Å². The Labute approximate surface area is 116 Å². The van der Waals surface area contributed by atoms with Crippen LogP contribution in [0.2, 0.25) is 0 Å². The van der Waals surface area contributed by atoms with E-state index in [1.165, 1.54) is 16.9 Å². The van der Waals surface area contributed by atoms with E-state index in [9.17, 15) is 4.79 Å². The Kier molecular flexibility index (Phi) is 4.29. The second-order valence-corrected chi connectivity index (χ2v) is 5.78. The highest BCUT2D eigenvalue weighted by atomic mass is 32.1. The predicted octanol–water partition coefficient (Wildman–Crippen LogP) is 2.78. The van der Waals surface area contributed by atoms with E-state index in [0.29, 0.717) is 4.88 Å². The topological polar surface area (TPSA) is 53.4 Å². The summed E-state index contributed by atoms with van der Waals surface area (Å²) >= 11 is 1.33. The van der Waals surface area contributed by atoms with E-state index in [1.807, 2.05) is 26.1 Å². The van der Waals surface area contributed by atoms with Crippen molar-refractivity contribution in [2.45, 2.75) is 20.0 Å². The smallest absolute Gasteiger partial charge is 0.345 e. The Bertz CT molecular complexity index is 566. The summed E-state index contributed by atoms with van der Waals surface area (Å²) in [5.74, 6) is -0.851. The van der Waals surface area contributed by atoms with Crippen LogP contribution in [0.5, 0.6) is 0 Å². The van der Waals surface area contributed by atoms with Gasteiger partial charge in [-0.25, -0.2) is 4.79 Å². The molecule has 0 unspecified atom stereocenters. The van der Waals surface area contributed by atoms with Crippen LogP contribution in [0, 0.1) is 6.92 Å². The van der Waals surface area contributed by atoms with Crippen LogP contribution in [0.3, 0.4) is 0 Å². The number of aromatic carboxylic acids is 1. The number of aryl methyl sites for hydroxylation is 1. The van der Waals surface area contributed by atoms with Crippen molar-refractivity contribution in [2.75, 3.05) is 7.05 Å². The Morgan fingerprint density at radius 1 is 1.37 bits per heavy atom. The molecule has 0 aliphatic heterocycles. The van der Waals surface area contributed by atoms with Gasteiger partial charge in [0.15, 0.2) is 0 Å². The summed E-state index contributed by atoms with van der Waals surface area (Å²) in [5, 5.41) is 8.98. The molecule has 0 aliphatic rings. The highest BCUT2D eigenvalue weighted by molar-refractivity contribution is 7.14. The number of carboxylic acid groups (broad SMARTS) is 1. The molecule has 0 spiro atoms. The van der Waals surface area contributed by atoms with Crippen LogP contribution in [0.15, 0.2) is 30.6 Å². The zero-order valence-corrected chi connectivity index (χ0v) is 11.8. The van der Waals surface area contributed by atoms with Crippen molar-refractivity contribution in [3.63, 3.8) is 0 Å². The molecule has 5 heteroatoms. The molecule has 0 fully saturated rings. The van der Waals surface area contributed by atoms with Crippen LogP contribution < -0.4 is 0 Å². The quantitative estimate of drug-likeness (QED) is 0.912. The van der Waals surface area contributed by atoms with Gasteiger partial charge in [-0.05, 0) is 43.3 Å². The molecule has 0 aromatic carbocycles. The fourth-order valence-corrected chi connectivity index (χ4v) is 2.80. The third-order valence-electron chi connectivity index (χ3n) is 2.87. The molecule has 1 N–H and O–H groups in total. The van der Waals surface area contributed by atoms with Gasteiger partial charge in [-0.1, -0.05) is 0 Å². The van der Waals surface area contributed by atoms with Gasteiger partial charge in [-0.3, -0.25) is 9.88 Å². The Balaban J connectivity index is 2.03. The summed E-state index contributed by atoms with van der Waals surface area (Å²) in [4.78, 5) is 18.6. The zero-order valence-electron chi connectivity index (χ0n) is 11.0. The number of hydrogen-bond acceptors (Lipinski definition) is 4. The summed E-state index contributed by atoms with van der Waals surface area (Å²) in [5.41, 5.74) is 2.28. The number of hydrogen-bond donors (Lipinski definition) is 1. The molecule has 19 heavy (non-hydrogen) atoms. The maximum atomic E-state index is 10.9. The molecule has 0 atom stereocenters. The Hall–Kier alpha value is -1.72. The predicted molar refractivity (Wildman–Crippen MR) is 75.4 cm³/mol. The minimum atomic E-state index is -0.851. The van der Waals surface area contributed by atoms with E-state index in [0.717, 1.165) is 23.5 Å². The average Bonchev–Trinajstić information content (AvgIpc) is 2.72. The lowest BCUT2D eigenvalue weighted by atomic mass is 10.2. The van der Waals surface area contributed by atoms with Crippen LogP contribution in [0.25, 0.3) is 0 Å². The Morgan fingerprint density at radius 2 is 2.05 bits per heavy atom. The maximum absolute atomic E-state index is 10.9. The van der Waals surface area contributed by atoms with E-state index in [1.54, 1.807) is 18.5 Å². The van der Waals surface area contributed by atoms with Crippen molar-refractivity contribution < 1.29 is 9.90 Å². The Morgan fingerprint density at radius 3 is 2.63 bits per heavy atom. The lowest BCUT2D eigenvalue weighted by Crippen LogP contribution is -2.17. The first-order valence-electron chi connectivity index (χ1n) is 5.96. The fraction of sp³-hybridized carbons (Fsp3) is 0.286. The van der Waals surface area contributed by atoms with E-state index >= 15 is 0 Å². The summed E-state index contributed by atoms with van der Waals surface area (Å²) in [7, 11) is 2.03. The first kappa shape index (κ1) is 13.7. The zero-order chi connectivity index (χ0) is 13.8. The summed E-state index contributed by atoms with van der Waals surface area (Å²) in [6.45, 7) is 3.53. The molecule has 2 aromatic heterocycles. The van der Waals surface area contributed by atoms with Gasteiger partial charge < -0.3 is 5.11 Å². The number of carbonyl (C=O) groups is 1. The van der Waals surface area contributed by atoms with Crippen molar-refractivity contribution >= 4 is 17.3 Å². The van der Waals surface area contributed by atoms with Gasteiger partial charge in [0.25, 0.3) is 0 Å². The first-order chi connectivity index (χ1) is 9.06.